The van der Waals surface area contributed by atoms with Gasteiger partial charge in [0.25, 0.3) is 5.91 Å². The van der Waals surface area contributed by atoms with E-state index in [9.17, 15) is 9.59 Å². The topological polar surface area (TPSA) is 77.6 Å². The molecule has 4 aromatic rings. The van der Waals surface area contributed by atoms with Crippen molar-refractivity contribution in [2.75, 3.05) is 18.0 Å². The summed E-state index contributed by atoms with van der Waals surface area (Å²) in [6, 6.07) is 12.8. The molecule has 2 N–H and O–H groups in total. The highest BCUT2D eigenvalue weighted by Gasteiger charge is 2.31. The molecule has 1 aromatic heterocycles. The number of hydrogen-bond donors (Lipinski definition) is 1. The fourth-order valence-corrected chi connectivity index (χ4v) is 4.70. The Morgan fingerprint density at radius 3 is 2.48 bits per heavy atom. The molecule has 1 amide bonds. The summed E-state index contributed by atoms with van der Waals surface area (Å²) in [4.78, 5) is 26.9. The van der Waals surface area contributed by atoms with E-state index in [1.165, 1.54) is 12.3 Å². The van der Waals surface area contributed by atoms with E-state index in [0.717, 1.165) is 23.6 Å². The number of hydrogen-bond acceptors (Lipinski definition) is 4. The summed E-state index contributed by atoms with van der Waals surface area (Å²) in [6.45, 7) is 1.43. The molecule has 0 atom stereocenters. The molecular weight excluding hydrogens is 397 g/mol. The second-order valence-corrected chi connectivity index (χ2v) is 8.00. The van der Waals surface area contributed by atoms with Crippen LogP contribution in [0.2, 0.25) is 0 Å². The van der Waals surface area contributed by atoms with Crippen LogP contribution in [0.15, 0.2) is 53.5 Å². The normalized spacial score (nSPS) is 14.7. The molecule has 1 saturated heterocycles. The van der Waals surface area contributed by atoms with Crippen LogP contribution in [0.1, 0.15) is 23.2 Å². The highest BCUT2D eigenvalue weighted by atomic mass is 19.1. The lowest BCUT2D eigenvalue weighted by molar-refractivity contribution is 0.0999. The van der Waals surface area contributed by atoms with Gasteiger partial charge in [-0.1, -0.05) is 24.3 Å². The van der Waals surface area contributed by atoms with Crippen LogP contribution in [0, 0.1) is 5.82 Å². The zero-order valence-corrected chi connectivity index (χ0v) is 16.5. The van der Waals surface area contributed by atoms with Crippen LogP contribution in [-0.4, -0.2) is 23.6 Å². The van der Waals surface area contributed by atoms with E-state index in [4.69, 9.17) is 10.5 Å². The van der Waals surface area contributed by atoms with Crippen molar-refractivity contribution in [3.05, 3.63) is 70.3 Å². The standard InChI is InChI=1S/C24H18FN3O3/c25-17-11-15-20-23(21(17)27-7-3-4-8-27)31-19-10-14-6-2-1-5-13(14)9-18(19)28(20)12-16(22(15)29)24(26)30/h1-2,5-6,9-12H,3-4,7-8H2,(H2,26,30). The van der Waals surface area contributed by atoms with Crippen LogP contribution >= 0.6 is 0 Å². The molecule has 0 unspecified atom stereocenters. The van der Waals surface area contributed by atoms with Gasteiger partial charge < -0.3 is 19.9 Å². The van der Waals surface area contributed by atoms with Crippen LogP contribution in [0.5, 0.6) is 11.5 Å². The van der Waals surface area contributed by atoms with Gasteiger partial charge in [-0.3, -0.25) is 9.59 Å². The lowest BCUT2D eigenvalue weighted by Gasteiger charge is -2.29. The Bertz CT molecular complexity index is 1490. The number of carbonyl (C=O) groups excluding carboxylic acids is 1. The molecule has 154 valence electrons. The number of pyridine rings is 1. The van der Waals surface area contributed by atoms with Gasteiger partial charge in [0.05, 0.1) is 11.1 Å². The first-order chi connectivity index (χ1) is 15.0. The maximum absolute atomic E-state index is 15.3. The number of primary amides is 1. The molecule has 6 nitrogen and oxygen atoms in total. The molecule has 6 rings (SSSR count). The molecule has 2 aliphatic rings. The molecule has 0 spiro atoms. The van der Waals surface area contributed by atoms with Crippen molar-refractivity contribution in [2.24, 2.45) is 5.73 Å². The number of fused-ring (bicyclic) bond motifs is 3. The Morgan fingerprint density at radius 2 is 1.77 bits per heavy atom. The number of carbonyl (C=O) groups is 1. The third kappa shape index (κ3) is 2.49. The van der Waals surface area contributed by atoms with Crippen LogP contribution in [0.4, 0.5) is 10.1 Å². The number of halogens is 1. The van der Waals surface area contributed by atoms with E-state index in [2.05, 4.69) is 0 Å². The average Bonchev–Trinajstić information content (AvgIpc) is 3.28. The second-order valence-electron chi connectivity index (χ2n) is 8.00. The number of nitrogens with zero attached hydrogens (tertiary/aromatic N) is 2. The third-order valence-electron chi connectivity index (χ3n) is 6.16. The summed E-state index contributed by atoms with van der Waals surface area (Å²) in [5.41, 5.74) is 6.15. The predicted molar refractivity (Wildman–Crippen MR) is 117 cm³/mol. The fraction of sp³-hybridized carbons (Fsp3) is 0.167. The van der Waals surface area contributed by atoms with Crippen molar-refractivity contribution in [1.82, 2.24) is 4.57 Å². The largest absolute Gasteiger partial charge is 0.451 e. The summed E-state index contributed by atoms with van der Waals surface area (Å²) >= 11 is 0. The summed E-state index contributed by atoms with van der Waals surface area (Å²) < 4.78 is 23.3. The SMILES string of the molecule is NC(=O)c1cn2c3c(c(N4CCCC4)c(F)cc3c1=O)Oc1cc3ccccc3cc1-2. The zero-order valence-electron chi connectivity index (χ0n) is 16.5. The van der Waals surface area contributed by atoms with Gasteiger partial charge in [-0.2, -0.15) is 0 Å². The molecule has 31 heavy (non-hydrogen) atoms. The third-order valence-corrected chi connectivity index (χ3v) is 6.16. The van der Waals surface area contributed by atoms with E-state index < -0.39 is 17.2 Å². The maximum atomic E-state index is 15.3. The van der Waals surface area contributed by atoms with Gasteiger partial charge >= 0.3 is 0 Å². The Morgan fingerprint density at radius 1 is 1.06 bits per heavy atom. The molecular formula is C24H18FN3O3. The van der Waals surface area contributed by atoms with Crippen molar-refractivity contribution in [1.29, 1.82) is 0 Å². The minimum atomic E-state index is -0.852. The quantitative estimate of drug-likeness (QED) is 0.471. The van der Waals surface area contributed by atoms with Crippen LogP contribution in [0.25, 0.3) is 27.4 Å². The van der Waals surface area contributed by atoms with E-state index >= 15 is 4.39 Å². The second kappa shape index (κ2) is 6.31. The number of anilines is 1. The minimum absolute atomic E-state index is 0.0746. The van der Waals surface area contributed by atoms with Crippen molar-refractivity contribution in [2.45, 2.75) is 12.8 Å². The predicted octanol–water partition coefficient (Wildman–Crippen LogP) is 4.09. The van der Waals surface area contributed by atoms with Gasteiger partial charge in [0.2, 0.25) is 5.43 Å². The number of rotatable bonds is 2. The average molecular weight is 415 g/mol. The van der Waals surface area contributed by atoms with Gasteiger partial charge in [-0.05, 0) is 41.8 Å². The molecule has 2 aliphatic heterocycles. The Hall–Kier alpha value is -3.87. The summed E-state index contributed by atoms with van der Waals surface area (Å²) in [6.07, 6.45) is 3.37. The zero-order chi connectivity index (χ0) is 21.3. The highest BCUT2D eigenvalue weighted by Crippen LogP contribution is 2.47. The van der Waals surface area contributed by atoms with Crippen molar-refractivity contribution in [3.8, 4) is 17.2 Å². The number of ether oxygens (including phenoxy) is 1. The van der Waals surface area contributed by atoms with Gasteiger partial charge in [-0.15, -0.1) is 0 Å². The monoisotopic (exact) mass is 415 g/mol. The molecule has 3 aromatic carbocycles. The first-order valence-corrected chi connectivity index (χ1v) is 10.2. The van der Waals surface area contributed by atoms with Crippen LogP contribution in [-0.2, 0) is 0 Å². The molecule has 0 aliphatic carbocycles. The van der Waals surface area contributed by atoms with Crippen LogP contribution in [0.3, 0.4) is 0 Å². The van der Waals surface area contributed by atoms with E-state index in [1.807, 2.05) is 41.3 Å². The van der Waals surface area contributed by atoms with Gasteiger partial charge in [-0.25, -0.2) is 4.39 Å². The van der Waals surface area contributed by atoms with E-state index in [0.29, 0.717) is 41.5 Å². The number of amides is 1. The molecule has 0 radical (unpaired) electrons. The lowest BCUT2D eigenvalue weighted by atomic mass is 10.0. The summed E-state index contributed by atoms with van der Waals surface area (Å²) in [7, 11) is 0. The number of benzene rings is 3. The molecule has 0 bridgehead atoms. The first kappa shape index (κ1) is 17.9. The Kier molecular flexibility index (Phi) is 3.65. The van der Waals surface area contributed by atoms with Crippen molar-refractivity contribution in [3.63, 3.8) is 0 Å². The van der Waals surface area contributed by atoms with E-state index in [1.54, 1.807) is 4.57 Å². The summed E-state index contributed by atoms with van der Waals surface area (Å²) in [5, 5.41) is 2.02. The Balaban J connectivity index is 1.77. The molecule has 1 fully saturated rings. The molecule has 3 heterocycles. The van der Waals surface area contributed by atoms with Crippen molar-refractivity contribution >= 4 is 33.3 Å². The number of aromatic nitrogens is 1. The highest BCUT2D eigenvalue weighted by molar-refractivity contribution is 6.01. The fourth-order valence-electron chi connectivity index (χ4n) is 4.70. The summed E-state index contributed by atoms with van der Waals surface area (Å²) in [5.74, 6) is -0.570. The minimum Gasteiger partial charge on any atom is -0.451 e. The maximum Gasteiger partial charge on any atom is 0.254 e. The van der Waals surface area contributed by atoms with Crippen molar-refractivity contribution < 1.29 is 13.9 Å². The number of nitrogens with two attached hydrogens (primary N) is 1. The first-order valence-electron chi connectivity index (χ1n) is 10.2. The van der Waals surface area contributed by atoms with Gasteiger partial charge in [0.1, 0.15) is 16.8 Å². The van der Waals surface area contributed by atoms with Gasteiger partial charge in [0, 0.05) is 19.3 Å². The molecule has 7 heteroatoms. The van der Waals surface area contributed by atoms with E-state index in [-0.39, 0.29) is 10.9 Å². The smallest absolute Gasteiger partial charge is 0.254 e. The lowest BCUT2D eigenvalue weighted by Crippen LogP contribution is -2.26. The molecule has 0 saturated carbocycles. The Labute approximate surface area is 176 Å². The van der Waals surface area contributed by atoms with Crippen LogP contribution < -0.4 is 20.8 Å². The van der Waals surface area contributed by atoms with Gasteiger partial charge in [0.15, 0.2) is 17.3 Å².